The zero-order chi connectivity index (χ0) is 41.6. The lowest BCUT2D eigenvalue weighted by Crippen LogP contribution is -2.60. The lowest BCUT2D eigenvalue weighted by molar-refractivity contribution is -0.302. The molecule has 0 aromatic carbocycles. The van der Waals surface area contributed by atoms with Gasteiger partial charge < -0.3 is 40.3 Å². The van der Waals surface area contributed by atoms with Crippen molar-refractivity contribution < 1.29 is 39.8 Å². The van der Waals surface area contributed by atoms with Gasteiger partial charge in [-0.1, -0.05) is 226 Å². The molecule has 1 saturated heterocycles. The van der Waals surface area contributed by atoms with Crippen LogP contribution in [-0.2, 0) is 14.3 Å². The van der Waals surface area contributed by atoms with E-state index in [1.54, 1.807) is 0 Å². The normalized spacial score (nSPS) is 20.9. The summed E-state index contributed by atoms with van der Waals surface area (Å²) in [7, 11) is 0. The Bertz CT molecular complexity index is 862. The summed E-state index contributed by atoms with van der Waals surface area (Å²) < 4.78 is 11.2. The van der Waals surface area contributed by atoms with Crippen LogP contribution in [0, 0.1) is 0 Å². The van der Waals surface area contributed by atoms with Crippen LogP contribution in [0.1, 0.15) is 245 Å². The fraction of sp³-hybridized carbons (Fsp3) is 0.979. The SMILES string of the molecule is CCCCCCCCCCCCCCCCCCCCCCCCCCC(=O)N[C@@H](CO[C@@H]1O[C@H](CO)[C@@H](O)C(O)C1O)[C@H](O)CCCCCCCCCCCC. The molecule has 0 bridgehead atoms. The number of carbonyl (C=O) groups is 1. The van der Waals surface area contributed by atoms with Crippen LogP contribution in [0.3, 0.4) is 0 Å². The summed E-state index contributed by atoms with van der Waals surface area (Å²) in [6, 6.07) is -0.710. The topological polar surface area (TPSA) is 149 Å². The van der Waals surface area contributed by atoms with E-state index in [4.69, 9.17) is 9.47 Å². The predicted molar refractivity (Wildman–Crippen MR) is 235 cm³/mol. The molecule has 6 N–H and O–H groups in total. The number of amides is 1. The van der Waals surface area contributed by atoms with Crippen molar-refractivity contribution in [2.45, 2.75) is 288 Å². The molecule has 1 heterocycles. The molecule has 1 aliphatic heterocycles. The van der Waals surface area contributed by atoms with Crippen LogP contribution in [0.4, 0.5) is 0 Å². The van der Waals surface area contributed by atoms with Crippen molar-refractivity contribution in [1.29, 1.82) is 0 Å². The molecule has 340 valence electrons. The summed E-state index contributed by atoms with van der Waals surface area (Å²) in [4.78, 5) is 13.0. The minimum absolute atomic E-state index is 0.132. The van der Waals surface area contributed by atoms with Gasteiger partial charge in [-0.15, -0.1) is 0 Å². The van der Waals surface area contributed by atoms with Gasteiger partial charge in [0.05, 0.1) is 25.4 Å². The Labute approximate surface area is 351 Å². The van der Waals surface area contributed by atoms with Gasteiger partial charge in [0, 0.05) is 6.42 Å². The van der Waals surface area contributed by atoms with Crippen LogP contribution in [0.5, 0.6) is 0 Å². The lowest BCUT2D eigenvalue weighted by atomic mass is 9.99. The molecule has 2 unspecified atom stereocenters. The molecule has 7 atom stereocenters. The van der Waals surface area contributed by atoms with E-state index < -0.39 is 49.5 Å². The van der Waals surface area contributed by atoms with E-state index >= 15 is 0 Å². The fourth-order valence-corrected chi connectivity index (χ4v) is 8.22. The molecule has 1 aliphatic rings. The number of aliphatic hydroxyl groups is 5. The zero-order valence-electron chi connectivity index (χ0n) is 37.4. The van der Waals surface area contributed by atoms with Gasteiger partial charge >= 0.3 is 0 Å². The maximum Gasteiger partial charge on any atom is 0.220 e. The Hall–Kier alpha value is -0.810. The molecule has 1 rings (SSSR count). The monoisotopic (exact) mass is 814 g/mol. The summed E-state index contributed by atoms with van der Waals surface area (Å²) in [5.41, 5.74) is 0. The average Bonchev–Trinajstić information content (AvgIpc) is 3.21. The van der Waals surface area contributed by atoms with E-state index in [0.29, 0.717) is 12.8 Å². The van der Waals surface area contributed by atoms with Gasteiger partial charge in [0.15, 0.2) is 6.29 Å². The van der Waals surface area contributed by atoms with Gasteiger partial charge in [0.1, 0.15) is 24.4 Å². The molecule has 0 radical (unpaired) electrons. The number of carbonyl (C=O) groups excluding carboxylic acids is 1. The number of aliphatic hydroxyl groups excluding tert-OH is 5. The highest BCUT2D eigenvalue weighted by Crippen LogP contribution is 2.23. The third-order valence-electron chi connectivity index (χ3n) is 12.2. The van der Waals surface area contributed by atoms with E-state index in [-0.39, 0.29) is 12.5 Å². The van der Waals surface area contributed by atoms with Gasteiger partial charge in [0.25, 0.3) is 0 Å². The van der Waals surface area contributed by atoms with Crippen LogP contribution in [-0.4, -0.2) is 87.5 Å². The largest absolute Gasteiger partial charge is 0.394 e. The van der Waals surface area contributed by atoms with Crippen LogP contribution in [0.25, 0.3) is 0 Å². The fourth-order valence-electron chi connectivity index (χ4n) is 8.22. The number of hydrogen-bond donors (Lipinski definition) is 6. The van der Waals surface area contributed by atoms with Crippen molar-refractivity contribution in [1.82, 2.24) is 5.32 Å². The average molecular weight is 814 g/mol. The Morgan fingerprint density at radius 1 is 0.526 bits per heavy atom. The molecule has 57 heavy (non-hydrogen) atoms. The number of nitrogens with one attached hydrogen (secondary N) is 1. The molecular weight excluding hydrogens is 719 g/mol. The molecule has 0 aromatic heterocycles. The molecule has 9 heteroatoms. The Balaban J connectivity index is 2.18. The van der Waals surface area contributed by atoms with E-state index in [9.17, 15) is 30.3 Å². The second kappa shape index (κ2) is 39.3. The highest BCUT2D eigenvalue weighted by atomic mass is 16.7. The number of hydrogen-bond acceptors (Lipinski definition) is 8. The van der Waals surface area contributed by atoms with Gasteiger partial charge in [0.2, 0.25) is 5.91 Å². The lowest BCUT2D eigenvalue weighted by Gasteiger charge is -2.40. The van der Waals surface area contributed by atoms with Crippen LogP contribution < -0.4 is 5.32 Å². The van der Waals surface area contributed by atoms with Crippen molar-refractivity contribution >= 4 is 5.91 Å². The molecule has 0 aliphatic carbocycles. The summed E-state index contributed by atoms with van der Waals surface area (Å²) in [5, 5.41) is 54.3. The standard InChI is InChI=1S/C48H95NO8/c1-3-5-7-9-11-13-15-16-17-18-19-20-21-22-23-24-25-26-27-28-30-32-34-36-38-44(52)49-41(40-56-48-47(55)46(54)45(53)43(39-50)57-48)42(51)37-35-33-31-29-14-12-10-8-6-4-2/h41-43,45-48,50-51,53-55H,3-40H2,1-2H3,(H,49,52)/t41-,42+,43+,45+,46?,47?,48+/m0/s1. The molecule has 1 fully saturated rings. The molecule has 0 spiro atoms. The van der Waals surface area contributed by atoms with E-state index in [0.717, 1.165) is 38.5 Å². The van der Waals surface area contributed by atoms with Gasteiger partial charge in [-0.2, -0.15) is 0 Å². The summed E-state index contributed by atoms with van der Waals surface area (Å²) in [6.45, 7) is 3.84. The van der Waals surface area contributed by atoms with Crippen LogP contribution in [0.2, 0.25) is 0 Å². The van der Waals surface area contributed by atoms with Gasteiger partial charge in [-0.05, 0) is 12.8 Å². The highest BCUT2D eigenvalue weighted by molar-refractivity contribution is 5.76. The second-order valence-electron chi connectivity index (χ2n) is 17.6. The smallest absolute Gasteiger partial charge is 0.220 e. The number of rotatable bonds is 42. The van der Waals surface area contributed by atoms with E-state index in [2.05, 4.69) is 19.2 Å². The maximum atomic E-state index is 13.0. The van der Waals surface area contributed by atoms with E-state index in [1.165, 1.54) is 180 Å². The van der Waals surface area contributed by atoms with Crippen molar-refractivity contribution in [3.05, 3.63) is 0 Å². The third kappa shape index (κ3) is 30.0. The van der Waals surface area contributed by atoms with Gasteiger partial charge in [-0.3, -0.25) is 4.79 Å². The summed E-state index contributed by atoms with van der Waals surface area (Å²) >= 11 is 0. The maximum absolute atomic E-state index is 13.0. The molecular formula is C48H95NO8. The molecule has 0 saturated carbocycles. The van der Waals surface area contributed by atoms with Crippen molar-refractivity contribution in [3.8, 4) is 0 Å². The highest BCUT2D eigenvalue weighted by Gasteiger charge is 2.44. The van der Waals surface area contributed by atoms with Gasteiger partial charge in [-0.25, -0.2) is 0 Å². The molecule has 9 nitrogen and oxygen atoms in total. The third-order valence-corrected chi connectivity index (χ3v) is 12.2. The predicted octanol–water partition coefficient (Wildman–Crippen LogP) is 10.7. The first kappa shape index (κ1) is 54.2. The minimum Gasteiger partial charge on any atom is -0.394 e. The second-order valence-corrected chi connectivity index (χ2v) is 17.6. The van der Waals surface area contributed by atoms with Crippen molar-refractivity contribution in [3.63, 3.8) is 0 Å². The summed E-state index contributed by atoms with van der Waals surface area (Å²) in [6.07, 6.45) is 37.0. The Morgan fingerprint density at radius 3 is 1.25 bits per heavy atom. The Morgan fingerprint density at radius 2 is 0.877 bits per heavy atom. The number of unbranched alkanes of at least 4 members (excludes halogenated alkanes) is 32. The molecule has 1 amide bonds. The quantitative estimate of drug-likeness (QED) is 0.0334. The van der Waals surface area contributed by atoms with Crippen LogP contribution >= 0.6 is 0 Å². The first-order valence-electron chi connectivity index (χ1n) is 24.7. The first-order valence-corrected chi connectivity index (χ1v) is 24.7. The number of ether oxygens (including phenoxy) is 2. The van der Waals surface area contributed by atoms with Crippen molar-refractivity contribution in [2.24, 2.45) is 0 Å². The molecule has 0 aromatic rings. The first-order chi connectivity index (χ1) is 27.8. The summed E-state index contributed by atoms with van der Waals surface area (Å²) in [5.74, 6) is -0.140. The zero-order valence-corrected chi connectivity index (χ0v) is 37.4. The van der Waals surface area contributed by atoms with E-state index in [1.807, 2.05) is 0 Å². The van der Waals surface area contributed by atoms with Crippen molar-refractivity contribution in [2.75, 3.05) is 13.2 Å². The van der Waals surface area contributed by atoms with Crippen LogP contribution in [0.15, 0.2) is 0 Å². The minimum atomic E-state index is -1.55. The Kier molecular flexibility index (Phi) is 37.4.